The Labute approximate surface area is 138 Å². The van der Waals surface area contributed by atoms with Gasteiger partial charge in [0.2, 0.25) is 5.89 Å². The fourth-order valence-corrected chi connectivity index (χ4v) is 2.81. The Bertz CT molecular complexity index is 1020. The zero-order valence-corrected chi connectivity index (χ0v) is 13.0. The van der Waals surface area contributed by atoms with Crippen LogP contribution in [0.15, 0.2) is 61.6 Å². The lowest BCUT2D eigenvalue weighted by Gasteiger charge is -1.96. The van der Waals surface area contributed by atoms with Crippen molar-refractivity contribution in [1.29, 1.82) is 0 Å². The molecule has 0 aliphatic heterocycles. The van der Waals surface area contributed by atoms with Gasteiger partial charge in [0.25, 0.3) is 5.89 Å². The molecule has 8 heteroatoms. The van der Waals surface area contributed by atoms with Crippen LogP contribution >= 0.6 is 11.3 Å². The van der Waals surface area contributed by atoms with Crippen molar-refractivity contribution in [3.63, 3.8) is 0 Å². The second kappa shape index (κ2) is 5.89. The Hall–Kier alpha value is -3.00. The van der Waals surface area contributed by atoms with Crippen LogP contribution in [-0.4, -0.2) is 14.8 Å². The number of nitrogens with zero attached hydrogens (tertiary/aromatic N) is 3. The van der Waals surface area contributed by atoms with Crippen molar-refractivity contribution >= 4 is 11.3 Å². The van der Waals surface area contributed by atoms with Crippen LogP contribution in [0.2, 0.25) is 0 Å². The average Bonchev–Trinajstić information content (AvgIpc) is 3.31. The smallest absolute Gasteiger partial charge is 0.437 e. The molecule has 4 aromatic rings. The highest BCUT2D eigenvalue weighted by molar-refractivity contribution is 7.13. The number of halogens is 1. The van der Waals surface area contributed by atoms with Crippen molar-refractivity contribution in [2.24, 2.45) is 0 Å². The fraction of sp³-hybridized carbons (Fsp3) is 0.0625. The van der Waals surface area contributed by atoms with E-state index in [9.17, 15) is 9.18 Å². The van der Waals surface area contributed by atoms with Gasteiger partial charge >= 0.3 is 5.76 Å². The molecule has 0 amide bonds. The van der Waals surface area contributed by atoms with E-state index >= 15 is 0 Å². The standard InChI is InChI=1S/C16H10FN3O3S/c17-11-5-3-10(4-6-11)12-8-18-14(22-12)9-20-16(21)23-15(19-20)13-2-1-7-24-13/h1-8H,9H2. The highest BCUT2D eigenvalue weighted by Crippen LogP contribution is 2.22. The molecule has 0 spiro atoms. The summed E-state index contributed by atoms with van der Waals surface area (Å²) < 4.78 is 24.8. The lowest BCUT2D eigenvalue weighted by molar-refractivity contribution is 0.445. The molecule has 0 fully saturated rings. The predicted octanol–water partition coefficient (Wildman–Crippen LogP) is 3.41. The number of hydrogen-bond donors (Lipinski definition) is 0. The maximum absolute atomic E-state index is 13.0. The molecular formula is C16H10FN3O3S. The summed E-state index contributed by atoms with van der Waals surface area (Å²) in [4.78, 5) is 16.8. The predicted molar refractivity (Wildman–Crippen MR) is 85.1 cm³/mol. The van der Waals surface area contributed by atoms with Crippen molar-refractivity contribution in [3.05, 3.63) is 70.2 Å². The monoisotopic (exact) mass is 343 g/mol. The van der Waals surface area contributed by atoms with Gasteiger partial charge in [-0.2, -0.15) is 4.68 Å². The summed E-state index contributed by atoms with van der Waals surface area (Å²) in [5.74, 6) is 0.150. The average molecular weight is 343 g/mol. The molecule has 6 nitrogen and oxygen atoms in total. The molecule has 0 N–H and O–H groups in total. The molecule has 0 aliphatic carbocycles. The Kier molecular flexibility index (Phi) is 3.58. The molecule has 0 radical (unpaired) electrons. The molecule has 3 aromatic heterocycles. The Morgan fingerprint density at radius 1 is 1.17 bits per heavy atom. The first-order valence-electron chi connectivity index (χ1n) is 7.01. The third kappa shape index (κ3) is 2.79. The molecule has 0 bridgehead atoms. The van der Waals surface area contributed by atoms with Gasteiger partial charge in [0.15, 0.2) is 5.76 Å². The van der Waals surface area contributed by atoms with Crippen molar-refractivity contribution in [2.45, 2.75) is 6.54 Å². The quantitative estimate of drug-likeness (QED) is 0.568. The lowest BCUT2D eigenvalue weighted by Crippen LogP contribution is -2.16. The van der Waals surface area contributed by atoms with E-state index < -0.39 is 5.76 Å². The van der Waals surface area contributed by atoms with E-state index in [1.54, 1.807) is 12.1 Å². The van der Waals surface area contributed by atoms with Crippen LogP contribution in [-0.2, 0) is 6.54 Å². The summed E-state index contributed by atoms with van der Waals surface area (Å²) in [6, 6.07) is 9.54. The molecule has 0 unspecified atom stereocenters. The van der Waals surface area contributed by atoms with Crippen molar-refractivity contribution < 1.29 is 13.2 Å². The third-order valence-electron chi connectivity index (χ3n) is 3.31. The molecule has 0 saturated heterocycles. The fourth-order valence-electron chi connectivity index (χ4n) is 2.17. The topological polar surface area (TPSA) is 74.1 Å². The van der Waals surface area contributed by atoms with Crippen LogP contribution in [0.4, 0.5) is 4.39 Å². The minimum Gasteiger partial charge on any atom is -0.439 e. The lowest BCUT2D eigenvalue weighted by atomic mass is 10.2. The Morgan fingerprint density at radius 3 is 2.75 bits per heavy atom. The van der Waals surface area contributed by atoms with E-state index in [2.05, 4.69) is 10.1 Å². The summed E-state index contributed by atoms with van der Waals surface area (Å²) in [5, 5.41) is 6.01. The van der Waals surface area contributed by atoms with Crippen LogP contribution in [0.3, 0.4) is 0 Å². The van der Waals surface area contributed by atoms with E-state index in [0.29, 0.717) is 17.2 Å². The molecule has 3 heterocycles. The summed E-state index contributed by atoms with van der Waals surface area (Å²) in [5.41, 5.74) is 0.696. The van der Waals surface area contributed by atoms with E-state index in [1.165, 1.54) is 29.7 Å². The number of rotatable bonds is 4. The second-order valence-corrected chi connectivity index (χ2v) is 5.88. The van der Waals surface area contributed by atoms with Gasteiger partial charge in [-0.25, -0.2) is 14.2 Å². The van der Waals surface area contributed by atoms with Crippen LogP contribution in [0.5, 0.6) is 0 Å². The number of thiophene rings is 1. The summed E-state index contributed by atoms with van der Waals surface area (Å²) in [7, 11) is 0. The van der Waals surface area contributed by atoms with Crippen molar-refractivity contribution in [1.82, 2.24) is 14.8 Å². The Morgan fingerprint density at radius 2 is 2.00 bits per heavy atom. The largest absolute Gasteiger partial charge is 0.439 e. The van der Waals surface area contributed by atoms with Crippen LogP contribution < -0.4 is 5.76 Å². The van der Waals surface area contributed by atoms with Gasteiger partial charge in [0.05, 0.1) is 11.1 Å². The minimum atomic E-state index is -0.583. The number of hydrogen-bond acceptors (Lipinski definition) is 6. The Balaban J connectivity index is 1.58. The van der Waals surface area contributed by atoms with E-state index in [4.69, 9.17) is 8.83 Å². The molecule has 1 aromatic carbocycles. The van der Waals surface area contributed by atoms with Gasteiger partial charge < -0.3 is 8.83 Å². The SMILES string of the molecule is O=c1oc(-c2cccs2)nn1Cc1ncc(-c2ccc(F)cc2)o1. The van der Waals surface area contributed by atoms with Gasteiger partial charge in [0, 0.05) is 5.56 Å². The van der Waals surface area contributed by atoms with Crippen molar-refractivity contribution in [2.75, 3.05) is 0 Å². The first-order chi connectivity index (χ1) is 11.7. The highest BCUT2D eigenvalue weighted by atomic mass is 32.1. The molecule has 0 atom stereocenters. The normalized spacial score (nSPS) is 11.0. The van der Waals surface area contributed by atoms with Crippen LogP contribution in [0.25, 0.3) is 22.1 Å². The van der Waals surface area contributed by atoms with Gasteiger partial charge in [-0.05, 0) is 35.7 Å². The summed E-state index contributed by atoms with van der Waals surface area (Å²) >= 11 is 1.43. The first-order valence-corrected chi connectivity index (χ1v) is 7.89. The molecule has 0 aliphatic rings. The summed E-state index contributed by atoms with van der Waals surface area (Å²) in [6.45, 7) is 0.0505. The van der Waals surface area contributed by atoms with Crippen molar-refractivity contribution in [3.8, 4) is 22.1 Å². The molecule has 4 rings (SSSR count). The second-order valence-electron chi connectivity index (χ2n) is 4.93. The van der Waals surface area contributed by atoms with E-state index in [0.717, 1.165) is 9.56 Å². The first kappa shape index (κ1) is 14.6. The third-order valence-corrected chi connectivity index (χ3v) is 4.16. The van der Waals surface area contributed by atoms with E-state index in [1.807, 2.05) is 17.5 Å². The maximum atomic E-state index is 13.0. The van der Waals surface area contributed by atoms with Gasteiger partial charge in [-0.1, -0.05) is 6.07 Å². The molecular weight excluding hydrogens is 333 g/mol. The molecule has 0 saturated carbocycles. The number of oxazole rings is 1. The minimum absolute atomic E-state index is 0.0505. The number of benzene rings is 1. The van der Waals surface area contributed by atoms with Crippen LogP contribution in [0, 0.1) is 5.82 Å². The number of aromatic nitrogens is 3. The zero-order valence-electron chi connectivity index (χ0n) is 12.2. The van der Waals surface area contributed by atoms with Crippen LogP contribution in [0.1, 0.15) is 5.89 Å². The summed E-state index contributed by atoms with van der Waals surface area (Å²) in [6.07, 6.45) is 1.52. The maximum Gasteiger partial charge on any atom is 0.437 e. The molecule has 24 heavy (non-hydrogen) atoms. The van der Waals surface area contributed by atoms with Gasteiger partial charge in [-0.15, -0.1) is 16.4 Å². The van der Waals surface area contributed by atoms with Gasteiger partial charge in [0.1, 0.15) is 12.4 Å². The zero-order chi connectivity index (χ0) is 16.5. The van der Waals surface area contributed by atoms with E-state index in [-0.39, 0.29) is 18.3 Å². The van der Waals surface area contributed by atoms with Gasteiger partial charge in [-0.3, -0.25) is 0 Å². The highest BCUT2D eigenvalue weighted by Gasteiger charge is 2.14. The molecule has 120 valence electrons.